The van der Waals surface area contributed by atoms with Crippen molar-refractivity contribution in [3.8, 4) is 0 Å². The molecule has 0 bridgehead atoms. The molecule has 0 atom stereocenters. The molecular weight excluding hydrogens is 270 g/mol. The van der Waals surface area contributed by atoms with Crippen molar-refractivity contribution >= 4 is 23.0 Å². The molecule has 1 aliphatic heterocycles. The van der Waals surface area contributed by atoms with Gasteiger partial charge in [-0.2, -0.15) is 0 Å². The summed E-state index contributed by atoms with van der Waals surface area (Å²) in [6, 6.07) is 12.3. The van der Waals surface area contributed by atoms with E-state index in [9.17, 15) is 0 Å². The van der Waals surface area contributed by atoms with Gasteiger partial charge in [-0.05, 0) is 43.0 Å². The molecule has 0 radical (unpaired) electrons. The van der Waals surface area contributed by atoms with Crippen molar-refractivity contribution in [2.75, 3.05) is 11.4 Å². The summed E-state index contributed by atoms with van der Waals surface area (Å²) in [5.74, 6) is 0.847. The van der Waals surface area contributed by atoms with Gasteiger partial charge >= 0.3 is 0 Å². The number of anilines is 1. The van der Waals surface area contributed by atoms with E-state index < -0.39 is 0 Å². The minimum absolute atomic E-state index is 0.425. The number of aromatic nitrogens is 2. The number of halogens is 1. The third-order valence-electron chi connectivity index (χ3n) is 3.46. The predicted molar refractivity (Wildman–Crippen MR) is 82.8 cm³/mol. The molecule has 2 aromatic rings. The first kappa shape index (κ1) is 13.1. The summed E-state index contributed by atoms with van der Waals surface area (Å²) < 4.78 is 0. The molecule has 0 spiro atoms. The number of benzene rings is 1. The Labute approximate surface area is 123 Å². The lowest BCUT2D eigenvalue weighted by Gasteiger charge is -2.25. The van der Waals surface area contributed by atoms with Gasteiger partial charge in [-0.1, -0.05) is 41.4 Å². The number of hydrogen-bond donors (Lipinski definition) is 0. The molecule has 0 saturated heterocycles. The molecule has 0 unspecified atom stereocenters. The van der Waals surface area contributed by atoms with E-state index in [0.717, 1.165) is 25.2 Å². The fraction of sp³-hybridized carbons (Fsp3) is 0.250. The summed E-state index contributed by atoms with van der Waals surface area (Å²) in [4.78, 5) is 2.14. The minimum Gasteiger partial charge on any atom is -0.331 e. The van der Waals surface area contributed by atoms with Crippen molar-refractivity contribution < 1.29 is 0 Å². The monoisotopic (exact) mass is 285 g/mol. The summed E-state index contributed by atoms with van der Waals surface area (Å²) in [5.41, 5.74) is 3.92. The van der Waals surface area contributed by atoms with Crippen LogP contribution in [0.3, 0.4) is 0 Å². The number of rotatable bonds is 2. The maximum absolute atomic E-state index is 5.79. The van der Waals surface area contributed by atoms with Gasteiger partial charge in [0, 0.05) is 12.7 Å². The Hall–Kier alpha value is -1.87. The molecule has 2 heterocycles. The number of aryl methyl sites for hydroxylation is 1. The largest absolute Gasteiger partial charge is 0.331 e. The van der Waals surface area contributed by atoms with Gasteiger partial charge in [0.2, 0.25) is 0 Å². The average Bonchev–Trinajstić information content (AvgIpc) is 2.48. The molecular formula is C16H16ClN3. The molecule has 20 heavy (non-hydrogen) atoms. The lowest BCUT2D eigenvalue weighted by molar-refractivity contribution is 0.781. The summed E-state index contributed by atoms with van der Waals surface area (Å²) >= 11 is 5.79. The van der Waals surface area contributed by atoms with Crippen LogP contribution in [0.1, 0.15) is 24.0 Å². The van der Waals surface area contributed by atoms with Gasteiger partial charge in [0.25, 0.3) is 0 Å². The van der Waals surface area contributed by atoms with Gasteiger partial charge in [0.15, 0.2) is 11.0 Å². The first-order valence-corrected chi connectivity index (χ1v) is 7.14. The van der Waals surface area contributed by atoms with Crippen LogP contribution in [-0.2, 0) is 0 Å². The zero-order valence-electron chi connectivity index (χ0n) is 11.4. The van der Waals surface area contributed by atoms with Crippen molar-refractivity contribution in [3.05, 3.63) is 58.9 Å². The third kappa shape index (κ3) is 2.83. The van der Waals surface area contributed by atoms with E-state index in [0.29, 0.717) is 5.15 Å². The van der Waals surface area contributed by atoms with Gasteiger partial charge in [0.05, 0.1) is 0 Å². The molecule has 0 aliphatic carbocycles. The lowest BCUT2D eigenvalue weighted by Crippen LogP contribution is -2.23. The van der Waals surface area contributed by atoms with E-state index in [1.165, 1.54) is 16.7 Å². The molecule has 3 rings (SSSR count). The number of hydrogen-bond acceptors (Lipinski definition) is 3. The van der Waals surface area contributed by atoms with Crippen LogP contribution in [0.15, 0.2) is 42.6 Å². The molecule has 0 saturated carbocycles. The fourth-order valence-electron chi connectivity index (χ4n) is 2.46. The molecule has 0 amide bonds. The molecule has 0 fully saturated rings. The summed E-state index contributed by atoms with van der Waals surface area (Å²) in [6.45, 7) is 3.08. The van der Waals surface area contributed by atoms with Crippen LogP contribution in [0.5, 0.6) is 0 Å². The Bertz CT molecular complexity index is 634. The lowest BCUT2D eigenvalue weighted by atomic mass is 9.98. The minimum atomic E-state index is 0.425. The highest BCUT2D eigenvalue weighted by Gasteiger charge is 2.14. The first-order valence-electron chi connectivity index (χ1n) is 6.76. The van der Waals surface area contributed by atoms with E-state index in [1.54, 1.807) is 6.07 Å². The van der Waals surface area contributed by atoms with Crippen molar-refractivity contribution in [2.24, 2.45) is 0 Å². The highest BCUT2D eigenvalue weighted by molar-refractivity contribution is 6.29. The first-order chi connectivity index (χ1) is 9.72. The van der Waals surface area contributed by atoms with Crippen molar-refractivity contribution in [1.29, 1.82) is 0 Å². The molecule has 1 aromatic heterocycles. The van der Waals surface area contributed by atoms with Crippen LogP contribution >= 0.6 is 11.6 Å². The van der Waals surface area contributed by atoms with Crippen LogP contribution in [0.2, 0.25) is 5.15 Å². The van der Waals surface area contributed by atoms with Gasteiger partial charge in [-0.25, -0.2) is 0 Å². The van der Waals surface area contributed by atoms with Gasteiger partial charge in [-0.3, -0.25) is 0 Å². The van der Waals surface area contributed by atoms with Crippen molar-refractivity contribution in [3.63, 3.8) is 0 Å². The second-order valence-electron chi connectivity index (χ2n) is 5.04. The normalized spacial score (nSPS) is 15.1. The molecule has 4 heteroatoms. The summed E-state index contributed by atoms with van der Waals surface area (Å²) in [5, 5.41) is 8.48. The topological polar surface area (TPSA) is 29.0 Å². The van der Waals surface area contributed by atoms with Crippen LogP contribution in [0.25, 0.3) is 5.57 Å². The number of allylic oxidation sites excluding steroid dienone is 1. The summed E-state index contributed by atoms with van der Waals surface area (Å²) in [6.07, 6.45) is 4.39. The Morgan fingerprint density at radius 3 is 2.80 bits per heavy atom. The van der Waals surface area contributed by atoms with E-state index in [2.05, 4.69) is 52.5 Å². The van der Waals surface area contributed by atoms with E-state index in [-0.39, 0.29) is 0 Å². The zero-order valence-corrected chi connectivity index (χ0v) is 12.1. The van der Waals surface area contributed by atoms with E-state index >= 15 is 0 Å². The van der Waals surface area contributed by atoms with Crippen LogP contribution in [0.4, 0.5) is 5.82 Å². The molecule has 102 valence electrons. The van der Waals surface area contributed by atoms with E-state index in [1.807, 2.05) is 6.07 Å². The second-order valence-corrected chi connectivity index (χ2v) is 5.42. The van der Waals surface area contributed by atoms with Gasteiger partial charge < -0.3 is 4.90 Å². The fourth-order valence-corrected chi connectivity index (χ4v) is 2.56. The standard InChI is InChI=1S/C16H16ClN3/c1-12-4-2-5-13(10-12)14-6-3-9-20(11-14)16-8-7-15(17)18-19-16/h2,4-5,7-8,10-11H,3,6,9H2,1H3. The molecule has 0 N–H and O–H groups in total. The van der Waals surface area contributed by atoms with Crippen LogP contribution in [0, 0.1) is 6.92 Å². The highest BCUT2D eigenvalue weighted by Crippen LogP contribution is 2.27. The smallest absolute Gasteiger partial charge is 0.155 e. The Morgan fingerprint density at radius 1 is 1.15 bits per heavy atom. The molecule has 3 nitrogen and oxygen atoms in total. The molecule has 1 aromatic carbocycles. The summed E-state index contributed by atoms with van der Waals surface area (Å²) in [7, 11) is 0. The SMILES string of the molecule is Cc1cccc(C2=CN(c3ccc(Cl)nn3)CCC2)c1. The predicted octanol–water partition coefficient (Wildman–Crippen LogP) is 4.08. The maximum atomic E-state index is 5.79. The van der Waals surface area contributed by atoms with E-state index in [4.69, 9.17) is 11.6 Å². The Balaban J connectivity index is 1.91. The van der Waals surface area contributed by atoms with Gasteiger partial charge in [0.1, 0.15) is 0 Å². The van der Waals surface area contributed by atoms with Crippen LogP contribution < -0.4 is 4.90 Å². The molecule has 1 aliphatic rings. The number of nitrogens with zero attached hydrogens (tertiary/aromatic N) is 3. The average molecular weight is 286 g/mol. The Kier molecular flexibility index (Phi) is 3.70. The van der Waals surface area contributed by atoms with Gasteiger partial charge in [-0.15, -0.1) is 10.2 Å². The highest BCUT2D eigenvalue weighted by atomic mass is 35.5. The van der Waals surface area contributed by atoms with Crippen molar-refractivity contribution in [2.45, 2.75) is 19.8 Å². The quantitative estimate of drug-likeness (QED) is 0.832. The third-order valence-corrected chi connectivity index (χ3v) is 3.66. The maximum Gasteiger partial charge on any atom is 0.155 e. The zero-order chi connectivity index (χ0) is 13.9. The van der Waals surface area contributed by atoms with Crippen LogP contribution in [-0.4, -0.2) is 16.7 Å². The van der Waals surface area contributed by atoms with Crippen molar-refractivity contribution in [1.82, 2.24) is 10.2 Å². The Morgan fingerprint density at radius 2 is 2.05 bits per heavy atom. The second kappa shape index (κ2) is 5.63.